The number of rotatable bonds is 7. The average Bonchev–Trinajstić information content (AvgIpc) is 2.98. The van der Waals surface area contributed by atoms with Crippen molar-refractivity contribution in [2.45, 2.75) is 25.5 Å². The second kappa shape index (κ2) is 8.12. The van der Waals surface area contributed by atoms with Crippen LogP contribution in [0.1, 0.15) is 24.5 Å². The van der Waals surface area contributed by atoms with E-state index in [1.54, 1.807) is 29.2 Å². The molecular formula is C14H16Cl2N4O2. The lowest BCUT2D eigenvalue weighted by molar-refractivity contribution is -0.121. The highest BCUT2D eigenvalue weighted by Gasteiger charge is 2.16. The van der Waals surface area contributed by atoms with Gasteiger partial charge in [-0.3, -0.25) is 9.48 Å². The number of carbonyl (C=O) groups is 1. The first-order chi connectivity index (χ1) is 10.6. The van der Waals surface area contributed by atoms with Crippen molar-refractivity contribution >= 4 is 29.1 Å². The van der Waals surface area contributed by atoms with Crippen molar-refractivity contribution in [1.29, 1.82) is 0 Å². The fraction of sp³-hybridized carbons (Fsp3) is 0.357. The summed E-state index contributed by atoms with van der Waals surface area (Å²) < 4.78 is 1.66. The number of benzene rings is 1. The lowest BCUT2D eigenvalue weighted by Gasteiger charge is -2.15. The van der Waals surface area contributed by atoms with Crippen molar-refractivity contribution in [3.63, 3.8) is 0 Å². The molecule has 6 nitrogen and oxygen atoms in total. The van der Waals surface area contributed by atoms with Gasteiger partial charge in [-0.05, 0) is 18.6 Å². The zero-order valence-electron chi connectivity index (χ0n) is 11.7. The topological polar surface area (TPSA) is 80.0 Å². The number of halogens is 2. The van der Waals surface area contributed by atoms with Crippen LogP contribution in [0, 0.1) is 0 Å². The molecule has 0 fully saturated rings. The molecule has 0 saturated carbocycles. The second-order valence-corrected chi connectivity index (χ2v) is 5.53. The van der Waals surface area contributed by atoms with Crippen LogP contribution in [0.5, 0.6) is 0 Å². The Balaban J connectivity index is 1.76. The smallest absolute Gasteiger partial charge is 0.220 e. The Kier molecular flexibility index (Phi) is 6.18. The zero-order valence-corrected chi connectivity index (χ0v) is 13.3. The van der Waals surface area contributed by atoms with Crippen molar-refractivity contribution in [3.05, 3.63) is 46.5 Å². The third-order valence-corrected chi connectivity index (χ3v) is 3.74. The lowest BCUT2D eigenvalue weighted by Crippen LogP contribution is -2.28. The molecule has 0 aliphatic rings. The van der Waals surface area contributed by atoms with Gasteiger partial charge in [0.25, 0.3) is 0 Å². The van der Waals surface area contributed by atoms with Gasteiger partial charge < -0.3 is 10.4 Å². The number of carbonyl (C=O) groups excluding carboxylic acids is 1. The lowest BCUT2D eigenvalue weighted by atomic mass is 10.1. The van der Waals surface area contributed by atoms with Gasteiger partial charge in [-0.15, -0.1) is 0 Å². The number of nitrogens with one attached hydrogen (secondary N) is 1. The van der Waals surface area contributed by atoms with Crippen molar-refractivity contribution < 1.29 is 9.90 Å². The van der Waals surface area contributed by atoms with Gasteiger partial charge in [0, 0.05) is 35.1 Å². The highest BCUT2D eigenvalue weighted by Crippen LogP contribution is 2.29. The number of nitrogens with zero attached hydrogens (tertiary/aromatic N) is 3. The molecule has 0 saturated heterocycles. The molecule has 2 N–H and O–H groups in total. The summed E-state index contributed by atoms with van der Waals surface area (Å²) in [6.07, 6.45) is 3.08. The monoisotopic (exact) mass is 342 g/mol. The predicted molar refractivity (Wildman–Crippen MR) is 83.7 cm³/mol. The SMILES string of the molecule is O=C(CCCn1cncn1)NCC(O)c1c(Cl)cccc1Cl. The summed E-state index contributed by atoms with van der Waals surface area (Å²) in [5.74, 6) is -0.151. The summed E-state index contributed by atoms with van der Waals surface area (Å²) in [5.41, 5.74) is 0.425. The van der Waals surface area contributed by atoms with Crippen LogP contribution >= 0.6 is 23.2 Å². The molecule has 0 radical (unpaired) electrons. The first kappa shape index (κ1) is 16.7. The van der Waals surface area contributed by atoms with E-state index in [2.05, 4.69) is 15.4 Å². The minimum Gasteiger partial charge on any atom is -0.386 e. The van der Waals surface area contributed by atoms with Crippen LogP contribution < -0.4 is 5.32 Å². The Morgan fingerprint density at radius 1 is 1.36 bits per heavy atom. The van der Waals surface area contributed by atoms with Gasteiger partial charge in [-0.2, -0.15) is 5.10 Å². The van der Waals surface area contributed by atoms with E-state index in [0.29, 0.717) is 35.0 Å². The summed E-state index contributed by atoms with van der Waals surface area (Å²) >= 11 is 12.0. The highest BCUT2D eigenvalue weighted by molar-refractivity contribution is 6.36. The Labute approximate surface area is 138 Å². The zero-order chi connectivity index (χ0) is 15.9. The number of aryl methyl sites for hydroxylation is 1. The molecule has 1 aromatic carbocycles. The van der Waals surface area contributed by atoms with E-state index < -0.39 is 6.10 Å². The third-order valence-electron chi connectivity index (χ3n) is 3.08. The van der Waals surface area contributed by atoms with E-state index >= 15 is 0 Å². The minimum atomic E-state index is -0.944. The van der Waals surface area contributed by atoms with Gasteiger partial charge in [-0.1, -0.05) is 29.3 Å². The minimum absolute atomic E-state index is 0.0611. The van der Waals surface area contributed by atoms with Crippen molar-refractivity contribution in [3.8, 4) is 0 Å². The molecular weight excluding hydrogens is 327 g/mol. The quantitative estimate of drug-likeness (QED) is 0.808. The predicted octanol–water partition coefficient (Wildman–Crippen LogP) is 2.21. The molecule has 2 rings (SSSR count). The maximum atomic E-state index is 11.7. The van der Waals surface area contributed by atoms with Gasteiger partial charge in [0.1, 0.15) is 12.7 Å². The molecule has 0 bridgehead atoms. The molecule has 8 heteroatoms. The van der Waals surface area contributed by atoms with Crippen molar-refractivity contribution in [2.75, 3.05) is 6.54 Å². The van der Waals surface area contributed by atoms with Gasteiger partial charge in [0.05, 0.1) is 6.10 Å². The van der Waals surface area contributed by atoms with Crippen LogP contribution in [0.4, 0.5) is 0 Å². The first-order valence-corrected chi connectivity index (χ1v) is 7.54. The summed E-state index contributed by atoms with van der Waals surface area (Å²) in [7, 11) is 0. The molecule has 1 amide bonds. The highest BCUT2D eigenvalue weighted by atomic mass is 35.5. The van der Waals surface area contributed by atoms with E-state index in [1.165, 1.54) is 6.33 Å². The normalized spacial score (nSPS) is 12.1. The molecule has 2 aromatic rings. The van der Waals surface area contributed by atoms with Crippen LogP contribution in [-0.2, 0) is 11.3 Å². The molecule has 1 aromatic heterocycles. The Bertz CT molecular complexity index is 599. The van der Waals surface area contributed by atoms with Crippen molar-refractivity contribution in [2.24, 2.45) is 0 Å². The van der Waals surface area contributed by atoms with Crippen LogP contribution in [0.15, 0.2) is 30.9 Å². The van der Waals surface area contributed by atoms with Gasteiger partial charge in [0.15, 0.2) is 0 Å². The molecule has 1 unspecified atom stereocenters. The Hall–Kier alpha value is -1.63. The average molecular weight is 343 g/mol. The largest absolute Gasteiger partial charge is 0.386 e. The molecule has 1 atom stereocenters. The number of hydrogen-bond acceptors (Lipinski definition) is 4. The Morgan fingerprint density at radius 2 is 2.09 bits per heavy atom. The summed E-state index contributed by atoms with van der Waals surface area (Å²) in [6, 6.07) is 4.99. The van der Waals surface area contributed by atoms with E-state index in [9.17, 15) is 9.90 Å². The molecule has 0 aliphatic heterocycles. The van der Waals surface area contributed by atoms with Crippen LogP contribution in [-0.4, -0.2) is 32.3 Å². The molecule has 118 valence electrons. The number of aromatic nitrogens is 3. The number of aliphatic hydroxyl groups excluding tert-OH is 1. The van der Waals surface area contributed by atoms with Gasteiger partial charge in [0.2, 0.25) is 5.91 Å². The standard InChI is InChI=1S/C14H16Cl2N4O2/c15-10-3-1-4-11(16)14(10)12(21)7-18-13(22)5-2-6-20-9-17-8-19-20/h1,3-4,8-9,12,21H,2,5-7H2,(H,18,22). The van der Waals surface area contributed by atoms with E-state index in [1.807, 2.05) is 0 Å². The number of hydrogen-bond donors (Lipinski definition) is 2. The summed E-state index contributed by atoms with van der Waals surface area (Å²) in [5, 5.41) is 17.5. The van der Waals surface area contributed by atoms with Crippen LogP contribution in [0.3, 0.4) is 0 Å². The fourth-order valence-electron chi connectivity index (χ4n) is 1.98. The van der Waals surface area contributed by atoms with Crippen LogP contribution in [0.25, 0.3) is 0 Å². The molecule has 1 heterocycles. The number of aliphatic hydroxyl groups is 1. The number of amides is 1. The third kappa shape index (κ3) is 4.69. The van der Waals surface area contributed by atoms with Gasteiger partial charge >= 0.3 is 0 Å². The van der Waals surface area contributed by atoms with Gasteiger partial charge in [-0.25, -0.2) is 4.98 Å². The van der Waals surface area contributed by atoms with E-state index in [0.717, 1.165) is 0 Å². The van der Waals surface area contributed by atoms with E-state index in [4.69, 9.17) is 23.2 Å². The fourth-order valence-corrected chi connectivity index (χ4v) is 2.63. The Morgan fingerprint density at radius 3 is 2.73 bits per heavy atom. The molecule has 22 heavy (non-hydrogen) atoms. The summed E-state index contributed by atoms with van der Waals surface area (Å²) in [4.78, 5) is 15.6. The molecule has 0 spiro atoms. The summed E-state index contributed by atoms with van der Waals surface area (Å²) in [6.45, 7) is 0.678. The maximum Gasteiger partial charge on any atom is 0.220 e. The molecule has 0 aliphatic carbocycles. The van der Waals surface area contributed by atoms with Crippen LogP contribution in [0.2, 0.25) is 10.0 Å². The van der Waals surface area contributed by atoms with Crippen molar-refractivity contribution in [1.82, 2.24) is 20.1 Å². The second-order valence-electron chi connectivity index (χ2n) is 4.72. The first-order valence-electron chi connectivity index (χ1n) is 6.79. The van der Waals surface area contributed by atoms with E-state index in [-0.39, 0.29) is 12.5 Å². The maximum absolute atomic E-state index is 11.7.